The van der Waals surface area contributed by atoms with Crippen LogP contribution in [0.25, 0.3) is 11.4 Å². The molecule has 7 heteroatoms. The van der Waals surface area contributed by atoms with Crippen LogP contribution in [0.3, 0.4) is 0 Å². The molecule has 0 radical (unpaired) electrons. The molecular weight excluding hydrogens is 286 g/mol. The standard InChI is InChI=1S/C14H19N5OS/c1-17-13(11-2-6-15-7-3-11)16-19(14(17)21)10-18-8-4-12(20)5-9-18/h2-3,6-7,12,20H,4-5,8-10H2,1H3/p+1. The quantitative estimate of drug-likeness (QED) is 0.784. The average Bonchev–Trinajstić information content (AvgIpc) is 2.79. The zero-order chi connectivity index (χ0) is 14.8. The largest absolute Gasteiger partial charge is 0.393 e. The van der Waals surface area contributed by atoms with Crippen LogP contribution in [0.5, 0.6) is 0 Å². The molecule has 0 atom stereocenters. The molecule has 0 aromatic carbocycles. The van der Waals surface area contributed by atoms with Crippen molar-refractivity contribution in [2.45, 2.75) is 25.6 Å². The van der Waals surface area contributed by atoms with E-state index in [9.17, 15) is 5.11 Å². The topological polar surface area (TPSA) is 60.3 Å². The first-order chi connectivity index (χ1) is 10.1. The third kappa shape index (κ3) is 3.04. The summed E-state index contributed by atoms with van der Waals surface area (Å²) < 4.78 is 4.54. The van der Waals surface area contributed by atoms with Crippen molar-refractivity contribution in [2.24, 2.45) is 7.05 Å². The zero-order valence-electron chi connectivity index (χ0n) is 12.1. The molecule has 0 spiro atoms. The number of aromatic nitrogens is 4. The highest BCUT2D eigenvalue weighted by Gasteiger charge is 2.21. The highest BCUT2D eigenvalue weighted by molar-refractivity contribution is 7.71. The van der Waals surface area contributed by atoms with Crippen LogP contribution >= 0.6 is 12.2 Å². The van der Waals surface area contributed by atoms with Crippen LogP contribution in [0, 0.1) is 4.77 Å². The number of piperidine rings is 1. The number of pyridine rings is 1. The number of hydrogen-bond acceptors (Lipinski definition) is 4. The summed E-state index contributed by atoms with van der Waals surface area (Å²) in [4.78, 5) is 5.45. The van der Waals surface area contributed by atoms with Gasteiger partial charge in [-0.1, -0.05) is 0 Å². The van der Waals surface area contributed by atoms with Crippen LogP contribution in [0.4, 0.5) is 0 Å². The number of aliphatic hydroxyl groups is 1. The van der Waals surface area contributed by atoms with Crippen molar-refractivity contribution in [3.8, 4) is 11.4 Å². The summed E-state index contributed by atoms with van der Waals surface area (Å²) in [6, 6.07) is 3.87. The molecule has 1 aliphatic heterocycles. The second-order valence-corrected chi connectivity index (χ2v) is 5.91. The van der Waals surface area contributed by atoms with E-state index >= 15 is 0 Å². The number of likely N-dealkylation sites (tertiary alicyclic amines) is 1. The Bertz CT molecular complexity index is 658. The molecule has 0 unspecified atom stereocenters. The van der Waals surface area contributed by atoms with E-state index in [2.05, 4.69) is 10.1 Å². The minimum absolute atomic E-state index is 0.141. The summed E-state index contributed by atoms with van der Waals surface area (Å²) in [6.07, 6.45) is 5.08. The van der Waals surface area contributed by atoms with E-state index < -0.39 is 0 Å². The van der Waals surface area contributed by atoms with E-state index in [1.807, 2.05) is 28.4 Å². The lowest BCUT2D eigenvalue weighted by molar-refractivity contribution is -0.929. The van der Waals surface area contributed by atoms with Crippen molar-refractivity contribution < 1.29 is 10.0 Å². The third-order valence-electron chi connectivity index (χ3n) is 4.01. The Kier molecular flexibility index (Phi) is 4.14. The van der Waals surface area contributed by atoms with Gasteiger partial charge in [0.2, 0.25) is 4.77 Å². The molecule has 21 heavy (non-hydrogen) atoms. The molecular formula is C14H20N5OS+. The van der Waals surface area contributed by atoms with Gasteiger partial charge in [-0.25, -0.2) is 0 Å². The lowest BCUT2D eigenvalue weighted by Crippen LogP contribution is -3.12. The smallest absolute Gasteiger partial charge is 0.202 e. The van der Waals surface area contributed by atoms with Gasteiger partial charge in [0.05, 0.1) is 19.2 Å². The molecule has 112 valence electrons. The van der Waals surface area contributed by atoms with E-state index in [0.717, 1.165) is 48.8 Å². The van der Waals surface area contributed by atoms with E-state index in [1.165, 1.54) is 4.90 Å². The van der Waals surface area contributed by atoms with Crippen LogP contribution in [0.2, 0.25) is 0 Å². The van der Waals surface area contributed by atoms with Crippen LogP contribution < -0.4 is 4.90 Å². The van der Waals surface area contributed by atoms with Gasteiger partial charge < -0.3 is 14.6 Å². The normalized spacial score (nSPS) is 22.4. The van der Waals surface area contributed by atoms with Crippen molar-refractivity contribution in [1.29, 1.82) is 0 Å². The maximum Gasteiger partial charge on any atom is 0.202 e. The van der Waals surface area contributed by atoms with E-state index in [4.69, 9.17) is 12.2 Å². The van der Waals surface area contributed by atoms with Crippen LogP contribution in [-0.2, 0) is 13.7 Å². The Morgan fingerprint density at radius 3 is 2.67 bits per heavy atom. The number of nitrogens with zero attached hydrogens (tertiary/aromatic N) is 4. The van der Waals surface area contributed by atoms with Crippen LogP contribution in [0.15, 0.2) is 24.5 Å². The first kappa shape index (κ1) is 14.4. The molecule has 3 rings (SSSR count). The lowest BCUT2D eigenvalue weighted by Gasteiger charge is -2.26. The van der Waals surface area contributed by atoms with Gasteiger partial charge in [-0.05, 0) is 24.4 Å². The van der Waals surface area contributed by atoms with Gasteiger partial charge in [0.15, 0.2) is 12.5 Å². The van der Waals surface area contributed by atoms with Gasteiger partial charge in [-0.15, -0.1) is 5.10 Å². The molecule has 3 heterocycles. The predicted octanol–water partition coefficient (Wildman–Crippen LogP) is 0.0102. The second kappa shape index (κ2) is 6.05. The Morgan fingerprint density at radius 2 is 2.00 bits per heavy atom. The molecule has 0 bridgehead atoms. The summed E-state index contributed by atoms with van der Waals surface area (Å²) in [5.41, 5.74) is 1.02. The molecule has 0 amide bonds. The third-order valence-corrected chi connectivity index (χ3v) is 4.50. The molecule has 2 aromatic heterocycles. The molecule has 6 nitrogen and oxygen atoms in total. The first-order valence-corrected chi connectivity index (χ1v) is 7.62. The number of quaternary nitrogens is 1. The van der Waals surface area contributed by atoms with Gasteiger partial charge in [-0.2, -0.15) is 4.68 Å². The number of aliphatic hydroxyl groups excluding tert-OH is 1. The van der Waals surface area contributed by atoms with Crippen LogP contribution in [0.1, 0.15) is 12.8 Å². The second-order valence-electron chi connectivity index (χ2n) is 5.54. The Labute approximate surface area is 128 Å². The number of nitrogens with one attached hydrogen (secondary N) is 1. The van der Waals surface area contributed by atoms with Crippen molar-refractivity contribution in [2.75, 3.05) is 13.1 Å². The maximum atomic E-state index is 9.58. The number of hydrogen-bond donors (Lipinski definition) is 2. The molecule has 1 aliphatic rings. The van der Waals surface area contributed by atoms with Crippen molar-refractivity contribution >= 4 is 12.2 Å². The SMILES string of the molecule is Cn1c(-c2ccncc2)nn(C[NH+]2CCC(O)CC2)c1=S. The highest BCUT2D eigenvalue weighted by atomic mass is 32.1. The summed E-state index contributed by atoms with van der Waals surface area (Å²) in [5.74, 6) is 0.860. The molecule has 1 fully saturated rings. The van der Waals surface area contributed by atoms with Crippen molar-refractivity contribution in [3.63, 3.8) is 0 Å². The zero-order valence-corrected chi connectivity index (χ0v) is 12.9. The fourth-order valence-electron chi connectivity index (χ4n) is 2.72. The van der Waals surface area contributed by atoms with E-state index in [0.29, 0.717) is 0 Å². The minimum Gasteiger partial charge on any atom is -0.393 e. The van der Waals surface area contributed by atoms with E-state index in [1.54, 1.807) is 12.4 Å². The van der Waals surface area contributed by atoms with Crippen molar-refractivity contribution in [1.82, 2.24) is 19.3 Å². The molecule has 0 saturated carbocycles. The molecule has 1 saturated heterocycles. The molecule has 2 N–H and O–H groups in total. The predicted molar refractivity (Wildman–Crippen MR) is 81.2 cm³/mol. The summed E-state index contributed by atoms with van der Waals surface area (Å²) in [7, 11) is 1.94. The van der Waals surface area contributed by atoms with Crippen LogP contribution in [-0.4, -0.2) is 43.6 Å². The van der Waals surface area contributed by atoms with Gasteiger partial charge in [-0.3, -0.25) is 4.98 Å². The van der Waals surface area contributed by atoms with Gasteiger partial charge in [0.1, 0.15) is 0 Å². The van der Waals surface area contributed by atoms with E-state index in [-0.39, 0.29) is 6.10 Å². The Morgan fingerprint density at radius 1 is 1.33 bits per heavy atom. The van der Waals surface area contributed by atoms with Gasteiger partial charge in [0, 0.05) is 37.8 Å². The monoisotopic (exact) mass is 306 g/mol. The Hall–Kier alpha value is -1.57. The fourth-order valence-corrected chi connectivity index (χ4v) is 2.92. The maximum absolute atomic E-state index is 9.58. The lowest BCUT2D eigenvalue weighted by atomic mass is 10.1. The fraction of sp³-hybridized carbons (Fsp3) is 0.500. The number of rotatable bonds is 3. The molecule has 2 aromatic rings. The first-order valence-electron chi connectivity index (χ1n) is 7.21. The summed E-state index contributed by atoms with van der Waals surface area (Å²) >= 11 is 5.49. The summed E-state index contributed by atoms with van der Waals surface area (Å²) in [6.45, 7) is 2.68. The Balaban J connectivity index is 1.83. The summed E-state index contributed by atoms with van der Waals surface area (Å²) in [5, 5.41) is 14.2. The average molecular weight is 306 g/mol. The van der Waals surface area contributed by atoms with Gasteiger partial charge in [0.25, 0.3) is 0 Å². The minimum atomic E-state index is -0.141. The molecule has 0 aliphatic carbocycles. The van der Waals surface area contributed by atoms with Crippen molar-refractivity contribution in [3.05, 3.63) is 29.3 Å². The highest BCUT2D eigenvalue weighted by Crippen LogP contribution is 2.15. The van der Waals surface area contributed by atoms with Gasteiger partial charge >= 0.3 is 0 Å².